The van der Waals surface area contributed by atoms with Gasteiger partial charge in [-0.3, -0.25) is 4.57 Å². The van der Waals surface area contributed by atoms with Crippen molar-refractivity contribution in [2.75, 3.05) is 12.3 Å². The molecule has 2 rings (SSSR count). The lowest BCUT2D eigenvalue weighted by molar-refractivity contribution is -0.0434. The molecule has 1 aliphatic rings. The minimum absolute atomic E-state index is 0.0386. The average Bonchev–Trinajstić information content (AvgIpc) is 2.80. The molecule has 0 radical (unpaired) electrons. The van der Waals surface area contributed by atoms with E-state index in [1.165, 1.54) is 0 Å². The van der Waals surface area contributed by atoms with Crippen LogP contribution in [-0.2, 0) is 9.16 Å². The first-order valence-electron chi connectivity index (χ1n) is 7.94. The minimum atomic E-state index is -1.98. The second-order valence-corrected chi connectivity index (χ2v) is 12.5. The van der Waals surface area contributed by atoms with Crippen LogP contribution in [0.5, 0.6) is 0 Å². The number of nitrogen functional groups attached to an aromatic ring is 1. The van der Waals surface area contributed by atoms with E-state index in [9.17, 15) is 14.3 Å². The minimum Gasteiger partial charge on any atom is -0.414 e. The molecule has 7 nitrogen and oxygen atoms in total. The lowest BCUT2D eigenvalue weighted by Gasteiger charge is -2.37. The lowest BCUT2D eigenvalue weighted by Crippen LogP contribution is -2.43. The molecule has 3 atom stereocenters. The molecule has 0 bridgehead atoms. The van der Waals surface area contributed by atoms with Crippen molar-refractivity contribution in [2.24, 2.45) is 0 Å². The summed E-state index contributed by atoms with van der Waals surface area (Å²) < 4.78 is 26.3. The molecule has 1 aliphatic heterocycles. The van der Waals surface area contributed by atoms with Crippen molar-refractivity contribution in [1.29, 1.82) is 0 Å². The normalized spacial score (nSPS) is 25.2. The highest BCUT2D eigenvalue weighted by Crippen LogP contribution is 2.37. The Morgan fingerprint density at radius 2 is 2.17 bits per heavy atom. The summed E-state index contributed by atoms with van der Waals surface area (Å²) in [5.74, 6) is -1.25. The Bertz CT molecular complexity index is 659. The molecule has 0 amide bonds. The van der Waals surface area contributed by atoms with Gasteiger partial charge in [0.05, 0.1) is 18.9 Å². The molecule has 0 unspecified atom stereocenters. The first kappa shape index (κ1) is 19.0. The van der Waals surface area contributed by atoms with Crippen LogP contribution < -0.4 is 11.4 Å². The Labute approximate surface area is 141 Å². The van der Waals surface area contributed by atoms with Gasteiger partial charge in [0.2, 0.25) is 0 Å². The number of nitrogens with two attached hydrogens (primary N) is 1. The molecule has 1 fully saturated rings. The molecule has 0 aromatic carbocycles. The highest BCUT2D eigenvalue weighted by Gasteiger charge is 2.41. The van der Waals surface area contributed by atoms with E-state index in [1.807, 2.05) is 0 Å². The second-order valence-electron chi connectivity index (χ2n) is 7.67. The van der Waals surface area contributed by atoms with Crippen LogP contribution in [0.4, 0.5) is 10.2 Å². The van der Waals surface area contributed by atoms with E-state index < -0.39 is 44.1 Å². The third kappa shape index (κ3) is 3.85. The molecule has 1 saturated heterocycles. The van der Waals surface area contributed by atoms with Crippen molar-refractivity contribution in [1.82, 2.24) is 9.55 Å². The van der Waals surface area contributed by atoms with Gasteiger partial charge in [0.15, 0.2) is 20.0 Å². The zero-order chi connectivity index (χ0) is 18.3. The summed E-state index contributed by atoms with van der Waals surface area (Å²) in [6.07, 6.45) is -1.04. The van der Waals surface area contributed by atoms with Gasteiger partial charge in [-0.15, -0.1) is 0 Å². The number of rotatable bonds is 4. The fraction of sp³-hybridized carbons (Fsp3) is 0.733. The number of nitrogens with zero attached hydrogens (tertiary/aromatic N) is 2. The maximum absolute atomic E-state index is 13.6. The van der Waals surface area contributed by atoms with Crippen LogP contribution in [0.3, 0.4) is 0 Å². The predicted molar refractivity (Wildman–Crippen MR) is 90.6 cm³/mol. The monoisotopic (exact) mass is 359 g/mol. The van der Waals surface area contributed by atoms with Crippen molar-refractivity contribution in [3.63, 3.8) is 0 Å². The third-order valence-electron chi connectivity index (χ3n) is 4.86. The summed E-state index contributed by atoms with van der Waals surface area (Å²) in [6, 6.07) is 0. The van der Waals surface area contributed by atoms with Crippen molar-refractivity contribution in [2.45, 2.75) is 63.8 Å². The molecule has 9 heteroatoms. The molecule has 0 spiro atoms. The van der Waals surface area contributed by atoms with E-state index in [1.54, 1.807) is 0 Å². The van der Waals surface area contributed by atoms with E-state index in [4.69, 9.17) is 14.9 Å². The SMILES string of the molecule is CC(C)(C)[Si](C)(C)OC[C@H]1O[C@@H](n2cc(F)c(N)nc2=O)C[C@H]1O. The number of ether oxygens (including phenoxy) is 1. The Balaban J connectivity index is 2.08. The molecule has 24 heavy (non-hydrogen) atoms. The largest absolute Gasteiger partial charge is 0.414 e. The van der Waals surface area contributed by atoms with Gasteiger partial charge in [-0.05, 0) is 18.1 Å². The van der Waals surface area contributed by atoms with E-state index in [0.717, 1.165) is 10.8 Å². The Morgan fingerprint density at radius 3 is 2.75 bits per heavy atom. The van der Waals surface area contributed by atoms with Gasteiger partial charge in [0.25, 0.3) is 0 Å². The molecule has 1 aromatic rings. The standard InChI is InChI=1S/C15H26FN3O4Si/c1-15(2,3)24(4,5)22-8-11-10(20)6-12(23-11)19-7-9(16)13(17)18-14(19)21/h7,10-12,20H,6,8H2,1-5H3,(H2,17,18,21)/t10-,11-,12-/m1/s1. The molecule has 2 heterocycles. The lowest BCUT2D eigenvalue weighted by atomic mass is 10.2. The summed E-state index contributed by atoms with van der Waals surface area (Å²) in [6.45, 7) is 10.8. The number of anilines is 1. The van der Waals surface area contributed by atoms with Gasteiger partial charge in [0.1, 0.15) is 12.3 Å². The average molecular weight is 359 g/mol. The number of hydrogen-bond donors (Lipinski definition) is 2. The number of hydrogen-bond acceptors (Lipinski definition) is 6. The van der Waals surface area contributed by atoms with Crippen molar-refractivity contribution in [3.05, 3.63) is 22.5 Å². The van der Waals surface area contributed by atoms with Crippen LogP contribution in [0.1, 0.15) is 33.4 Å². The highest BCUT2D eigenvalue weighted by atomic mass is 28.4. The quantitative estimate of drug-likeness (QED) is 0.793. The van der Waals surface area contributed by atoms with Crippen LogP contribution in [0.2, 0.25) is 18.1 Å². The molecule has 0 aliphatic carbocycles. The summed E-state index contributed by atoms with van der Waals surface area (Å²) >= 11 is 0. The number of aromatic nitrogens is 2. The second kappa shape index (κ2) is 6.55. The maximum Gasteiger partial charge on any atom is 0.351 e. The zero-order valence-corrected chi connectivity index (χ0v) is 15.7. The topological polar surface area (TPSA) is 99.6 Å². The van der Waals surface area contributed by atoms with Gasteiger partial charge in [0, 0.05) is 6.42 Å². The van der Waals surface area contributed by atoms with E-state index >= 15 is 0 Å². The Morgan fingerprint density at radius 1 is 1.54 bits per heavy atom. The van der Waals surface area contributed by atoms with Crippen molar-refractivity contribution >= 4 is 14.1 Å². The smallest absolute Gasteiger partial charge is 0.351 e. The van der Waals surface area contributed by atoms with Gasteiger partial charge in [-0.25, -0.2) is 9.18 Å². The third-order valence-corrected chi connectivity index (χ3v) is 9.36. The van der Waals surface area contributed by atoms with Crippen molar-refractivity contribution in [3.8, 4) is 0 Å². The molecule has 0 saturated carbocycles. The number of halogens is 1. The number of aliphatic hydroxyl groups excluding tert-OH is 1. The fourth-order valence-electron chi connectivity index (χ4n) is 2.21. The van der Waals surface area contributed by atoms with E-state index in [-0.39, 0.29) is 18.1 Å². The fourth-order valence-corrected chi connectivity index (χ4v) is 3.22. The predicted octanol–water partition coefficient (Wildman–Crippen LogP) is 1.63. The van der Waals surface area contributed by atoms with Crippen LogP contribution in [0.15, 0.2) is 11.0 Å². The zero-order valence-electron chi connectivity index (χ0n) is 14.7. The maximum atomic E-state index is 13.6. The van der Waals surface area contributed by atoms with Gasteiger partial charge < -0.3 is 20.0 Å². The molecule has 3 N–H and O–H groups in total. The Kier molecular flexibility index (Phi) is 5.19. The summed E-state index contributed by atoms with van der Waals surface area (Å²) in [5, 5.41) is 10.2. The van der Waals surface area contributed by atoms with Gasteiger partial charge in [-0.2, -0.15) is 4.98 Å². The van der Waals surface area contributed by atoms with Crippen LogP contribution in [0, 0.1) is 5.82 Å². The Hall–Kier alpha value is -1.29. The van der Waals surface area contributed by atoms with Crippen LogP contribution in [-0.4, -0.2) is 41.8 Å². The molecular weight excluding hydrogens is 333 g/mol. The molecule has 136 valence electrons. The van der Waals surface area contributed by atoms with Crippen molar-refractivity contribution < 1.29 is 18.7 Å². The summed E-state index contributed by atoms with van der Waals surface area (Å²) in [5.41, 5.74) is 4.56. The van der Waals surface area contributed by atoms with Crippen LogP contribution >= 0.6 is 0 Å². The van der Waals surface area contributed by atoms with Gasteiger partial charge in [-0.1, -0.05) is 20.8 Å². The van der Waals surface area contributed by atoms with Gasteiger partial charge >= 0.3 is 5.69 Å². The summed E-state index contributed by atoms with van der Waals surface area (Å²) in [7, 11) is -1.98. The number of aliphatic hydroxyl groups is 1. The first-order chi connectivity index (χ1) is 10.9. The molecule has 1 aromatic heterocycles. The van der Waals surface area contributed by atoms with Crippen LogP contribution in [0.25, 0.3) is 0 Å². The highest BCUT2D eigenvalue weighted by molar-refractivity contribution is 6.74. The first-order valence-corrected chi connectivity index (χ1v) is 10.8. The summed E-state index contributed by atoms with van der Waals surface area (Å²) in [4.78, 5) is 15.3. The van der Waals surface area contributed by atoms with E-state index in [0.29, 0.717) is 0 Å². The van der Waals surface area contributed by atoms with E-state index in [2.05, 4.69) is 38.8 Å². The molecular formula is C15H26FN3O4Si.